The second-order valence-electron chi connectivity index (χ2n) is 12.3. The van der Waals surface area contributed by atoms with E-state index < -0.39 is 40.3 Å². The van der Waals surface area contributed by atoms with Crippen molar-refractivity contribution in [2.24, 2.45) is 28.6 Å². The van der Waals surface area contributed by atoms with E-state index in [-0.39, 0.29) is 30.0 Å². The molecule has 0 radical (unpaired) electrons. The summed E-state index contributed by atoms with van der Waals surface area (Å²) in [5.41, 5.74) is -2.13. The molecule has 3 fully saturated rings. The summed E-state index contributed by atoms with van der Waals surface area (Å²) in [4.78, 5) is 13.2. The van der Waals surface area contributed by atoms with E-state index in [2.05, 4.69) is 6.58 Å². The van der Waals surface area contributed by atoms with Crippen LogP contribution in [0.1, 0.15) is 79.1 Å². The monoisotopic (exact) mass is 462 g/mol. The SMILES string of the molecule is C=C(C)CC[C@@H](O)[C@](C)(O)[C@H]1CC[C@@]2(O)C3=CC(=O)[C@@H]4C[C@@H](O)[C@@H](O)C[C@]4(C)[C@H]3CC[C@]12C. The molecule has 186 valence electrons. The van der Waals surface area contributed by atoms with Gasteiger partial charge in [0.25, 0.3) is 0 Å². The van der Waals surface area contributed by atoms with Crippen molar-refractivity contribution in [1.82, 2.24) is 0 Å². The molecule has 6 nitrogen and oxygen atoms in total. The Balaban J connectivity index is 1.69. The smallest absolute Gasteiger partial charge is 0.159 e. The summed E-state index contributed by atoms with van der Waals surface area (Å²) in [5.74, 6) is -0.820. The molecule has 5 N–H and O–H groups in total. The molecule has 0 aliphatic heterocycles. The topological polar surface area (TPSA) is 118 Å². The lowest BCUT2D eigenvalue weighted by atomic mass is 9.45. The van der Waals surface area contributed by atoms with E-state index in [4.69, 9.17) is 0 Å². The maximum atomic E-state index is 13.2. The van der Waals surface area contributed by atoms with Crippen LogP contribution < -0.4 is 0 Å². The molecule has 0 aromatic carbocycles. The third kappa shape index (κ3) is 3.51. The van der Waals surface area contributed by atoms with Crippen LogP contribution in [0, 0.1) is 28.6 Å². The third-order valence-electron chi connectivity index (χ3n) is 10.3. The fourth-order valence-electron chi connectivity index (χ4n) is 8.22. The number of rotatable bonds is 5. The highest BCUT2D eigenvalue weighted by molar-refractivity contribution is 5.95. The van der Waals surface area contributed by atoms with Gasteiger partial charge in [0.05, 0.1) is 29.5 Å². The van der Waals surface area contributed by atoms with Gasteiger partial charge in [0.1, 0.15) is 0 Å². The number of hydrogen-bond acceptors (Lipinski definition) is 6. The van der Waals surface area contributed by atoms with E-state index in [0.29, 0.717) is 38.5 Å². The minimum absolute atomic E-state index is 0.0579. The van der Waals surface area contributed by atoms with Crippen molar-refractivity contribution < 1.29 is 30.3 Å². The minimum atomic E-state index is -1.38. The number of aliphatic hydroxyl groups is 5. The Labute approximate surface area is 197 Å². The second kappa shape index (κ2) is 7.99. The van der Waals surface area contributed by atoms with Crippen LogP contribution in [0.5, 0.6) is 0 Å². The molecule has 0 heterocycles. The number of carbonyl (C=O) groups excluding carboxylic acids is 1. The Morgan fingerprint density at radius 2 is 1.88 bits per heavy atom. The lowest BCUT2D eigenvalue weighted by Crippen LogP contribution is -2.62. The summed E-state index contributed by atoms with van der Waals surface area (Å²) in [5, 5.41) is 55.3. The van der Waals surface area contributed by atoms with E-state index in [1.165, 1.54) is 0 Å². The van der Waals surface area contributed by atoms with Crippen LogP contribution in [0.2, 0.25) is 0 Å². The van der Waals surface area contributed by atoms with Gasteiger partial charge < -0.3 is 25.5 Å². The molecule has 0 aromatic heterocycles. The van der Waals surface area contributed by atoms with Crippen LogP contribution in [-0.2, 0) is 4.79 Å². The van der Waals surface area contributed by atoms with Crippen LogP contribution in [0.15, 0.2) is 23.8 Å². The predicted octanol–water partition coefficient (Wildman–Crippen LogP) is 2.66. The number of ketones is 1. The Morgan fingerprint density at radius 3 is 2.52 bits per heavy atom. The molecule has 0 spiro atoms. The van der Waals surface area contributed by atoms with Gasteiger partial charge in [0, 0.05) is 11.3 Å². The molecule has 0 unspecified atom stereocenters. The number of aliphatic hydroxyl groups excluding tert-OH is 3. The lowest BCUT2D eigenvalue weighted by Gasteiger charge is -2.60. The molecule has 0 aromatic rings. The van der Waals surface area contributed by atoms with Gasteiger partial charge >= 0.3 is 0 Å². The molecule has 6 heteroatoms. The molecule has 0 amide bonds. The van der Waals surface area contributed by atoms with Crippen molar-refractivity contribution in [2.45, 2.75) is 109 Å². The number of allylic oxidation sites excluding steroid dienone is 2. The normalized spacial score (nSPS) is 47.6. The highest BCUT2D eigenvalue weighted by atomic mass is 16.3. The van der Waals surface area contributed by atoms with Gasteiger partial charge in [-0.15, -0.1) is 6.58 Å². The lowest BCUT2D eigenvalue weighted by molar-refractivity contribution is -0.175. The van der Waals surface area contributed by atoms with E-state index in [9.17, 15) is 30.3 Å². The highest BCUT2D eigenvalue weighted by Gasteiger charge is 2.69. The number of carbonyl (C=O) groups is 1. The second-order valence-corrected chi connectivity index (χ2v) is 12.3. The molecular weight excluding hydrogens is 420 g/mol. The van der Waals surface area contributed by atoms with Crippen molar-refractivity contribution in [3.8, 4) is 0 Å². The summed E-state index contributed by atoms with van der Waals surface area (Å²) in [7, 11) is 0. The summed E-state index contributed by atoms with van der Waals surface area (Å²) < 4.78 is 0. The summed E-state index contributed by atoms with van der Waals surface area (Å²) in [6.45, 7) is 11.5. The fourth-order valence-corrected chi connectivity index (χ4v) is 8.22. The Bertz CT molecular complexity index is 863. The zero-order chi connectivity index (χ0) is 24.6. The predicted molar refractivity (Wildman–Crippen MR) is 125 cm³/mol. The van der Waals surface area contributed by atoms with Crippen molar-refractivity contribution >= 4 is 5.78 Å². The van der Waals surface area contributed by atoms with Crippen molar-refractivity contribution in [3.05, 3.63) is 23.8 Å². The number of fused-ring (bicyclic) bond motifs is 5. The van der Waals surface area contributed by atoms with Gasteiger partial charge in [-0.05, 0) is 94.1 Å². The third-order valence-corrected chi connectivity index (χ3v) is 10.3. The molecule has 10 atom stereocenters. The average molecular weight is 463 g/mol. The first-order chi connectivity index (χ1) is 15.2. The minimum Gasteiger partial charge on any atom is -0.390 e. The van der Waals surface area contributed by atoms with Crippen LogP contribution >= 0.6 is 0 Å². The van der Waals surface area contributed by atoms with Crippen LogP contribution in [0.4, 0.5) is 0 Å². The first kappa shape index (κ1) is 25.1. The molecule has 4 rings (SSSR count). The maximum Gasteiger partial charge on any atom is 0.159 e. The van der Waals surface area contributed by atoms with Crippen LogP contribution in [0.3, 0.4) is 0 Å². The van der Waals surface area contributed by atoms with E-state index in [1.54, 1.807) is 13.0 Å². The summed E-state index contributed by atoms with van der Waals surface area (Å²) in [6, 6.07) is 0. The van der Waals surface area contributed by atoms with Gasteiger partial charge in [0.15, 0.2) is 5.78 Å². The Morgan fingerprint density at radius 1 is 1.21 bits per heavy atom. The quantitative estimate of drug-likeness (QED) is 0.401. The molecule has 4 aliphatic carbocycles. The molecule has 0 saturated heterocycles. The molecular formula is C27H42O6. The van der Waals surface area contributed by atoms with Crippen molar-refractivity contribution in [1.29, 1.82) is 0 Å². The van der Waals surface area contributed by atoms with Gasteiger partial charge in [-0.3, -0.25) is 4.79 Å². The van der Waals surface area contributed by atoms with Gasteiger partial charge in [0.2, 0.25) is 0 Å². The largest absolute Gasteiger partial charge is 0.390 e. The fraction of sp³-hybridized carbons (Fsp3) is 0.815. The van der Waals surface area contributed by atoms with Crippen LogP contribution in [0.25, 0.3) is 0 Å². The first-order valence-corrected chi connectivity index (χ1v) is 12.6. The number of hydrogen-bond donors (Lipinski definition) is 5. The Hall–Kier alpha value is -1.05. The highest BCUT2D eigenvalue weighted by Crippen LogP contribution is 2.68. The van der Waals surface area contributed by atoms with Crippen molar-refractivity contribution in [3.63, 3.8) is 0 Å². The van der Waals surface area contributed by atoms with Crippen molar-refractivity contribution in [2.75, 3.05) is 0 Å². The molecule has 4 aliphatic rings. The van der Waals surface area contributed by atoms with E-state index >= 15 is 0 Å². The van der Waals surface area contributed by atoms with E-state index in [1.807, 2.05) is 20.8 Å². The molecule has 3 saturated carbocycles. The van der Waals surface area contributed by atoms with Gasteiger partial charge in [-0.25, -0.2) is 0 Å². The summed E-state index contributed by atoms with van der Waals surface area (Å²) >= 11 is 0. The average Bonchev–Trinajstić information content (AvgIpc) is 3.00. The first-order valence-electron chi connectivity index (χ1n) is 12.6. The Kier molecular flexibility index (Phi) is 6.07. The van der Waals surface area contributed by atoms with Gasteiger partial charge in [-0.2, -0.15) is 0 Å². The van der Waals surface area contributed by atoms with Gasteiger partial charge in [-0.1, -0.05) is 19.4 Å². The summed E-state index contributed by atoms with van der Waals surface area (Å²) in [6.07, 6.45) is 2.92. The molecule has 33 heavy (non-hydrogen) atoms. The maximum absolute atomic E-state index is 13.2. The zero-order valence-corrected chi connectivity index (χ0v) is 20.5. The standard InChI is InChI=1S/C27H42O6/c1-15(2)6-7-23(31)26(5,32)22-9-11-27(33)17-12-19(28)18-13-20(29)21(30)14-24(18,3)16(17)8-10-25(22,27)4/h12,16,18,20-23,29-33H,1,6-11,13-14H2,2-5H3/t16-,18-,20+,21-,22-,23+,24+,25+,26+,27+/m0/s1. The zero-order valence-electron chi connectivity index (χ0n) is 20.5. The van der Waals surface area contributed by atoms with Crippen LogP contribution in [-0.4, -0.2) is 60.8 Å². The molecule has 0 bridgehead atoms. The van der Waals surface area contributed by atoms with E-state index in [0.717, 1.165) is 17.6 Å².